The largest absolute Gasteiger partial charge is 0.389 e. The first-order valence-electron chi connectivity index (χ1n) is 9.70. The van der Waals surface area contributed by atoms with Gasteiger partial charge >= 0.3 is 0 Å². The summed E-state index contributed by atoms with van der Waals surface area (Å²) in [6.07, 6.45) is 8.11. The highest BCUT2D eigenvalue weighted by Crippen LogP contribution is 2.65. The Balaban J connectivity index is 1.73. The molecule has 4 aliphatic rings. The Morgan fingerprint density at radius 1 is 1.21 bits per heavy atom. The molecule has 3 saturated carbocycles. The molecule has 0 spiro atoms. The second kappa shape index (κ2) is 5.27. The van der Waals surface area contributed by atoms with Crippen molar-refractivity contribution in [2.24, 2.45) is 34.5 Å². The summed E-state index contributed by atoms with van der Waals surface area (Å²) in [5, 5.41) is 10.0. The van der Waals surface area contributed by atoms with Gasteiger partial charge in [-0.2, -0.15) is 0 Å². The Labute approximate surface area is 144 Å². The van der Waals surface area contributed by atoms with Gasteiger partial charge in [-0.3, -0.25) is 9.59 Å². The monoisotopic (exact) mass is 330 g/mol. The molecule has 0 aromatic heterocycles. The molecule has 0 aromatic carbocycles. The lowest BCUT2D eigenvalue weighted by molar-refractivity contribution is -0.147. The van der Waals surface area contributed by atoms with E-state index in [1.807, 2.05) is 6.08 Å². The fourth-order valence-electron chi connectivity index (χ4n) is 7.20. The molecule has 4 aliphatic carbocycles. The maximum absolute atomic E-state index is 13.3. The van der Waals surface area contributed by atoms with Crippen molar-refractivity contribution in [1.29, 1.82) is 0 Å². The van der Waals surface area contributed by atoms with Crippen LogP contribution in [0.1, 0.15) is 65.7 Å². The van der Waals surface area contributed by atoms with E-state index in [9.17, 15) is 14.7 Å². The van der Waals surface area contributed by atoms with Crippen LogP contribution >= 0.6 is 0 Å². The summed E-state index contributed by atoms with van der Waals surface area (Å²) in [5.41, 5.74) is 1.14. The van der Waals surface area contributed by atoms with Crippen LogP contribution in [0.2, 0.25) is 0 Å². The second-order valence-corrected chi connectivity index (χ2v) is 9.39. The number of aliphatic hydroxyl groups excluding tert-OH is 1. The second-order valence-electron chi connectivity index (χ2n) is 9.39. The van der Waals surface area contributed by atoms with E-state index in [4.69, 9.17) is 0 Å². The Morgan fingerprint density at radius 3 is 2.67 bits per heavy atom. The molecule has 0 radical (unpaired) electrons. The first kappa shape index (κ1) is 16.5. The van der Waals surface area contributed by atoms with E-state index in [2.05, 4.69) is 13.8 Å². The molecule has 0 heterocycles. The summed E-state index contributed by atoms with van der Waals surface area (Å²) < 4.78 is 0. The number of carbonyl (C=O) groups excluding carboxylic acids is 2. The zero-order valence-corrected chi connectivity index (χ0v) is 15.2. The third kappa shape index (κ3) is 2.06. The van der Waals surface area contributed by atoms with Gasteiger partial charge in [0.25, 0.3) is 0 Å². The fraction of sp³-hybridized carbons (Fsp3) is 0.810. The summed E-state index contributed by atoms with van der Waals surface area (Å²) in [5.74, 6) is 1.78. The van der Waals surface area contributed by atoms with E-state index in [0.29, 0.717) is 24.0 Å². The van der Waals surface area contributed by atoms with E-state index < -0.39 is 0 Å². The van der Waals surface area contributed by atoms with Crippen molar-refractivity contribution < 1.29 is 14.7 Å². The van der Waals surface area contributed by atoms with Crippen molar-refractivity contribution in [3.63, 3.8) is 0 Å². The summed E-state index contributed by atoms with van der Waals surface area (Å²) in [4.78, 5) is 25.4. The van der Waals surface area contributed by atoms with Gasteiger partial charge in [0.15, 0.2) is 0 Å². The van der Waals surface area contributed by atoms with E-state index in [1.54, 1.807) is 6.92 Å². The quantitative estimate of drug-likeness (QED) is 0.746. The van der Waals surface area contributed by atoms with Gasteiger partial charge in [-0.15, -0.1) is 0 Å². The van der Waals surface area contributed by atoms with Crippen LogP contribution in [0.15, 0.2) is 11.6 Å². The average molecular weight is 330 g/mol. The fourth-order valence-corrected chi connectivity index (χ4v) is 7.20. The van der Waals surface area contributed by atoms with Gasteiger partial charge in [-0.25, -0.2) is 0 Å². The first-order valence-corrected chi connectivity index (χ1v) is 9.70. The highest BCUT2D eigenvalue weighted by Gasteiger charge is 2.62. The van der Waals surface area contributed by atoms with Crippen LogP contribution in [0.4, 0.5) is 0 Å². The highest BCUT2D eigenvalue weighted by atomic mass is 16.3. The molecule has 0 bridgehead atoms. The number of rotatable bonds is 1. The number of hydrogen-bond acceptors (Lipinski definition) is 3. The summed E-state index contributed by atoms with van der Waals surface area (Å²) in [6.45, 7) is 6.18. The summed E-state index contributed by atoms with van der Waals surface area (Å²) in [7, 11) is 0. The number of carbonyl (C=O) groups is 2. The van der Waals surface area contributed by atoms with Crippen LogP contribution < -0.4 is 0 Å². The molecule has 3 nitrogen and oxygen atoms in total. The Kier molecular flexibility index (Phi) is 3.62. The standard InChI is InChI=1S/C21H30O3/c1-12(22)16-6-7-17-15-5-4-13-10-14(23)8-9-20(13,2)19(15)18(24)11-21(16,17)3/h10,14-17,19,23H,4-9,11H2,1-3H3/t14-,15+,16-,17+,19-,20+,21-/m1/s1. The van der Waals surface area contributed by atoms with Gasteiger partial charge in [-0.1, -0.05) is 25.5 Å². The molecule has 7 atom stereocenters. The van der Waals surface area contributed by atoms with Crippen LogP contribution in [0.25, 0.3) is 0 Å². The van der Waals surface area contributed by atoms with Gasteiger partial charge < -0.3 is 5.11 Å². The van der Waals surface area contributed by atoms with Gasteiger partial charge in [0.05, 0.1) is 6.10 Å². The Morgan fingerprint density at radius 2 is 1.96 bits per heavy atom. The van der Waals surface area contributed by atoms with Crippen LogP contribution in [0.3, 0.4) is 0 Å². The Hall–Kier alpha value is -0.960. The molecule has 0 amide bonds. The van der Waals surface area contributed by atoms with Gasteiger partial charge in [0.1, 0.15) is 11.6 Å². The van der Waals surface area contributed by atoms with Crippen LogP contribution in [0, 0.1) is 34.5 Å². The molecule has 4 rings (SSSR count). The molecule has 24 heavy (non-hydrogen) atoms. The lowest BCUT2D eigenvalue weighted by Crippen LogP contribution is -2.55. The van der Waals surface area contributed by atoms with Gasteiger partial charge in [0, 0.05) is 18.3 Å². The van der Waals surface area contributed by atoms with Crippen molar-refractivity contribution in [2.45, 2.75) is 71.8 Å². The third-order valence-electron chi connectivity index (χ3n) is 8.27. The molecular formula is C21H30O3. The maximum atomic E-state index is 13.3. The molecule has 0 aliphatic heterocycles. The Bertz CT molecular complexity index is 621. The summed E-state index contributed by atoms with van der Waals surface area (Å²) >= 11 is 0. The van der Waals surface area contributed by atoms with E-state index in [-0.39, 0.29) is 34.6 Å². The predicted molar refractivity (Wildman–Crippen MR) is 92.3 cm³/mol. The molecule has 3 fully saturated rings. The van der Waals surface area contributed by atoms with Crippen molar-refractivity contribution >= 4 is 11.6 Å². The number of allylic oxidation sites excluding steroid dienone is 1. The first-order chi connectivity index (χ1) is 11.3. The lowest BCUT2D eigenvalue weighted by atomic mass is 9.46. The van der Waals surface area contributed by atoms with E-state index in [0.717, 1.165) is 38.5 Å². The molecule has 132 valence electrons. The average Bonchev–Trinajstić information content (AvgIpc) is 2.84. The molecule has 0 unspecified atom stereocenters. The van der Waals surface area contributed by atoms with Crippen molar-refractivity contribution in [3.05, 3.63) is 11.6 Å². The van der Waals surface area contributed by atoms with Crippen molar-refractivity contribution in [1.82, 2.24) is 0 Å². The van der Waals surface area contributed by atoms with E-state index >= 15 is 0 Å². The van der Waals surface area contributed by atoms with Crippen molar-refractivity contribution in [3.8, 4) is 0 Å². The normalized spacial score (nSPS) is 50.6. The van der Waals surface area contributed by atoms with E-state index in [1.165, 1.54) is 5.57 Å². The molecule has 3 heteroatoms. The van der Waals surface area contributed by atoms with Crippen molar-refractivity contribution in [2.75, 3.05) is 0 Å². The predicted octanol–water partition coefficient (Wildman–Crippen LogP) is 3.69. The number of Topliss-reactive ketones (excluding diaryl/α,β-unsaturated/α-hetero) is 2. The number of ketones is 2. The summed E-state index contributed by atoms with van der Waals surface area (Å²) in [6, 6.07) is 0. The van der Waals surface area contributed by atoms with Gasteiger partial charge in [-0.05, 0) is 68.1 Å². The topological polar surface area (TPSA) is 54.4 Å². The minimum atomic E-state index is -0.331. The minimum Gasteiger partial charge on any atom is -0.389 e. The molecule has 0 aromatic rings. The minimum absolute atomic E-state index is 0.0606. The molecular weight excluding hydrogens is 300 g/mol. The maximum Gasteiger partial charge on any atom is 0.137 e. The zero-order valence-electron chi connectivity index (χ0n) is 15.2. The lowest BCUT2D eigenvalue weighted by Gasteiger charge is -2.57. The molecule has 0 saturated heterocycles. The SMILES string of the molecule is CC(=O)[C@H]1CC[C@H]2[C@@H]3CCC4=C[C@H](O)CC[C@]4(C)[C@H]3C(=O)C[C@]12C. The van der Waals surface area contributed by atoms with Gasteiger partial charge in [0.2, 0.25) is 0 Å². The van der Waals surface area contributed by atoms with Crippen LogP contribution in [-0.2, 0) is 9.59 Å². The zero-order chi connectivity index (χ0) is 17.3. The van der Waals surface area contributed by atoms with Crippen LogP contribution in [-0.4, -0.2) is 22.8 Å². The number of hydrogen-bond donors (Lipinski definition) is 1. The van der Waals surface area contributed by atoms with Crippen LogP contribution in [0.5, 0.6) is 0 Å². The molecule has 1 N–H and O–H groups in total. The third-order valence-corrected chi connectivity index (χ3v) is 8.27. The number of aliphatic hydroxyl groups is 1. The smallest absolute Gasteiger partial charge is 0.137 e. The number of fused-ring (bicyclic) bond motifs is 5. The highest BCUT2D eigenvalue weighted by molar-refractivity contribution is 5.87.